The number of nitro groups is 1. The van der Waals surface area contributed by atoms with E-state index < -0.39 is 16.8 Å². The van der Waals surface area contributed by atoms with Gasteiger partial charge in [-0.1, -0.05) is 31.0 Å². The zero-order valence-corrected chi connectivity index (χ0v) is 16.8. The predicted molar refractivity (Wildman–Crippen MR) is 108 cm³/mol. The molecule has 152 valence electrons. The van der Waals surface area contributed by atoms with Crippen molar-refractivity contribution in [2.24, 2.45) is 7.05 Å². The molecule has 0 bridgehead atoms. The number of rotatable bonds is 4. The molecular weight excluding hydrogens is 372 g/mol. The molecule has 2 heterocycles. The highest BCUT2D eigenvalue weighted by molar-refractivity contribution is 5.95. The lowest BCUT2D eigenvalue weighted by atomic mass is 9.79. The van der Waals surface area contributed by atoms with E-state index in [4.69, 9.17) is 9.84 Å². The second-order valence-corrected chi connectivity index (χ2v) is 7.66. The average molecular weight is 396 g/mol. The van der Waals surface area contributed by atoms with Crippen LogP contribution in [0.4, 0.5) is 11.5 Å². The number of nitrogens with one attached hydrogen (secondary N) is 1. The normalized spacial score (nSPS) is 19.1. The number of hydrogen-bond donors (Lipinski definition) is 1. The fourth-order valence-electron chi connectivity index (χ4n) is 4.69. The van der Waals surface area contributed by atoms with Crippen LogP contribution < -0.4 is 5.32 Å². The monoisotopic (exact) mass is 396 g/mol. The van der Waals surface area contributed by atoms with Gasteiger partial charge < -0.3 is 10.1 Å². The van der Waals surface area contributed by atoms with Gasteiger partial charge in [-0.2, -0.15) is 5.10 Å². The van der Waals surface area contributed by atoms with Gasteiger partial charge in [0.05, 0.1) is 29.2 Å². The van der Waals surface area contributed by atoms with Crippen molar-refractivity contribution in [3.05, 3.63) is 62.5 Å². The van der Waals surface area contributed by atoms with Crippen molar-refractivity contribution in [3.63, 3.8) is 0 Å². The van der Waals surface area contributed by atoms with Crippen LogP contribution in [0.25, 0.3) is 0 Å². The van der Waals surface area contributed by atoms with Gasteiger partial charge in [-0.3, -0.25) is 14.8 Å². The molecule has 29 heavy (non-hydrogen) atoms. The second-order valence-electron chi connectivity index (χ2n) is 7.66. The van der Waals surface area contributed by atoms with Gasteiger partial charge in [0.2, 0.25) is 0 Å². The van der Waals surface area contributed by atoms with E-state index in [2.05, 4.69) is 5.32 Å². The summed E-state index contributed by atoms with van der Waals surface area (Å²) >= 11 is 0. The van der Waals surface area contributed by atoms with Crippen LogP contribution in [0.15, 0.2) is 35.5 Å². The first-order valence-electron chi connectivity index (χ1n) is 9.80. The molecule has 1 aliphatic heterocycles. The van der Waals surface area contributed by atoms with Crippen LogP contribution >= 0.6 is 0 Å². The molecule has 0 radical (unpaired) electrons. The van der Waals surface area contributed by atoms with Gasteiger partial charge in [-0.25, -0.2) is 4.79 Å². The van der Waals surface area contributed by atoms with Crippen LogP contribution in [0.3, 0.4) is 0 Å². The third-order valence-electron chi connectivity index (χ3n) is 5.99. The first kappa shape index (κ1) is 19.2. The van der Waals surface area contributed by atoms with Crippen LogP contribution in [0, 0.1) is 10.1 Å². The number of aromatic nitrogens is 2. The van der Waals surface area contributed by atoms with E-state index in [1.165, 1.54) is 13.2 Å². The first-order chi connectivity index (χ1) is 13.9. The summed E-state index contributed by atoms with van der Waals surface area (Å²) in [7, 11) is 3.19. The van der Waals surface area contributed by atoms with Crippen molar-refractivity contribution in [1.29, 1.82) is 0 Å². The summed E-state index contributed by atoms with van der Waals surface area (Å²) in [6.45, 7) is 1.79. The van der Waals surface area contributed by atoms with Crippen LogP contribution in [-0.4, -0.2) is 27.8 Å². The van der Waals surface area contributed by atoms with Crippen molar-refractivity contribution in [2.45, 2.75) is 44.4 Å². The zero-order valence-electron chi connectivity index (χ0n) is 16.8. The minimum Gasteiger partial charge on any atom is -0.466 e. The third kappa shape index (κ3) is 3.08. The minimum absolute atomic E-state index is 0.0132. The Kier molecular flexibility index (Phi) is 4.86. The van der Waals surface area contributed by atoms with Gasteiger partial charge in [0.1, 0.15) is 5.82 Å². The lowest BCUT2D eigenvalue weighted by molar-refractivity contribution is -0.385. The Morgan fingerprint density at radius 2 is 2.00 bits per heavy atom. The van der Waals surface area contributed by atoms with Gasteiger partial charge in [0, 0.05) is 35.9 Å². The number of methoxy groups -OCH3 is 1. The number of carbonyl (C=O) groups is 1. The number of hydrogen-bond acceptors (Lipinski definition) is 6. The summed E-state index contributed by atoms with van der Waals surface area (Å²) in [4.78, 5) is 24.2. The Hall–Kier alpha value is -3.16. The zero-order chi connectivity index (χ0) is 20.7. The molecule has 4 rings (SSSR count). The largest absolute Gasteiger partial charge is 0.466 e. The number of nitro benzene ring substituents is 1. The Morgan fingerprint density at radius 3 is 2.66 bits per heavy atom. The highest BCUT2D eigenvalue weighted by atomic mass is 16.6. The fourth-order valence-corrected chi connectivity index (χ4v) is 4.69. The lowest BCUT2D eigenvalue weighted by Gasteiger charge is -2.29. The number of allylic oxidation sites excluding steroid dienone is 1. The van der Waals surface area contributed by atoms with E-state index in [1.807, 2.05) is 7.05 Å². The Morgan fingerprint density at radius 1 is 1.31 bits per heavy atom. The fraction of sp³-hybridized carbons (Fsp3) is 0.429. The maximum atomic E-state index is 12.8. The number of benzene rings is 1. The minimum atomic E-state index is -0.607. The number of para-hydroxylation sites is 1. The quantitative estimate of drug-likeness (QED) is 0.477. The summed E-state index contributed by atoms with van der Waals surface area (Å²) in [5.74, 6) is -0.0378. The average Bonchev–Trinajstić information content (AvgIpc) is 3.35. The van der Waals surface area contributed by atoms with Crippen molar-refractivity contribution >= 4 is 17.5 Å². The van der Waals surface area contributed by atoms with E-state index in [0.29, 0.717) is 16.8 Å². The highest BCUT2D eigenvalue weighted by Gasteiger charge is 2.41. The summed E-state index contributed by atoms with van der Waals surface area (Å²) < 4.78 is 6.85. The second kappa shape index (κ2) is 7.35. The molecule has 1 unspecified atom stereocenters. The number of fused-ring (bicyclic) bond motifs is 1. The van der Waals surface area contributed by atoms with Gasteiger partial charge >= 0.3 is 5.97 Å². The summed E-state index contributed by atoms with van der Waals surface area (Å²) in [5, 5.41) is 19.9. The first-order valence-corrected chi connectivity index (χ1v) is 9.80. The van der Waals surface area contributed by atoms with E-state index in [1.54, 1.807) is 29.8 Å². The summed E-state index contributed by atoms with van der Waals surface area (Å²) in [5.41, 5.74) is 3.24. The van der Waals surface area contributed by atoms with Gasteiger partial charge in [-0.15, -0.1) is 0 Å². The number of nitrogens with zero attached hydrogens (tertiary/aromatic N) is 3. The van der Waals surface area contributed by atoms with Crippen LogP contribution in [0.1, 0.15) is 61.3 Å². The van der Waals surface area contributed by atoms with Crippen LogP contribution in [0.5, 0.6) is 0 Å². The lowest BCUT2D eigenvalue weighted by Crippen LogP contribution is -2.25. The molecule has 8 heteroatoms. The SMILES string of the molecule is COC(=O)C1=C(C)Nc2c(c(C3CCCC3)nn2C)C1c1ccccc1[N+](=O)[O-]. The number of anilines is 1. The molecule has 1 aromatic carbocycles. The van der Waals surface area contributed by atoms with Crippen molar-refractivity contribution in [2.75, 3.05) is 12.4 Å². The van der Waals surface area contributed by atoms with E-state index in [0.717, 1.165) is 42.8 Å². The molecule has 2 aliphatic rings. The molecule has 0 saturated heterocycles. The molecule has 1 aromatic heterocycles. The van der Waals surface area contributed by atoms with Crippen molar-refractivity contribution in [1.82, 2.24) is 9.78 Å². The van der Waals surface area contributed by atoms with Crippen LogP contribution in [-0.2, 0) is 16.6 Å². The van der Waals surface area contributed by atoms with Crippen molar-refractivity contribution < 1.29 is 14.5 Å². The van der Waals surface area contributed by atoms with Gasteiger partial charge in [-0.05, 0) is 19.8 Å². The van der Waals surface area contributed by atoms with E-state index in [-0.39, 0.29) is 11.6 Å². The molecule has 1 N–H and O–H groups in total. The Labute approximate surface area is 168 Å². The molecular formula is C21H24N4O4. The molecule has 0 spiro atoms. The molecule has 1 saturated carbocycles. The summed E-state index contributed by atoms with van der Waals surface area (Å²) in [6, 6.07) is 6.60. The molecule has 1 fully saturated rings. The molecule has 2 aromatic rings. The predicted octanol–water partition coefficient (Wildman–Crippen LogP) is 3.99. The van der Waals surface area contributed by atoms with Crippen molar-refractivity contribution in [3.8, 4) is 0 Å². The standard InChI is InChI=1S/C21H24N4O4/c1-12-16(21(26)29-3)17(14-10-6-7-11-15(14)25(27)28)18-19(13-8-4-5-9-13)23-24(2)20(18)22-12/h6-7,10-11,13,17,22H,4-5,8-9H2,1-3H3. The topological polar surface area (TPSA) is 99.3 Å². The Bertz CT molecular complexity index is 1020. The highest BCUT2D eigenvalue weighted by Crippen LogP contribution is 2.49. The summed E-state index contributed by atoms with van der Waals surface area (Å²) in [6.07, 6.45) is 4.34. The Balaban J connectivity index is 2.01. The molecule has 1 atom stereocenters. The van der Waals surface area contributed by atoms with E-state index >= 15 is 0 Å². The van der Waals surface area contributed by atoms with Gasteiger partial charge in [0.15, 0.2) is 0 Å². The number of carbonyl (C=O) groups excluding carboxylic acids is 1. The number of aryl methyl sites for hydroxylation is 1. The number of esters is 1. The molecule has 0 amide bonds. The third-order valence-corrected chi connectivity index (χ3v) is 5.99. The maximum Gasteiger partial charge on any atom is 0.336 e. The smallest absolute Gasteiger partial charge is 0.336 e. The molecule has 8 nitrogen and oxygen atoms in total. The molecule has 1 aliphatic carbocycles. The van der Waals surface area contributed by atoms with E-state index in [9.17, 15) is 14.9 Å². The van der Waals surface area contributed by atoms with Gasteiger partial charge in [0.25, 0.3) is 5.69 Å². The number of ether oxygens (including phenoxy) is 1. The van der Waals surface area contributed by atoms with Crippen LogP contribution in [0.2, 0.25) is 0 Å². The maximum absolute atomic E-state index is 12.8.